The molecule has 1 unspecified atom stereocenters. The van der Waals surface area contributed by atoms with Crippen molar-refractivity contribution in [1.82, 2.24) is 0 Å². The first-order chi connectivity index (χ1) is 17.8. The SMILES string of the molecule is CC(C)[C@@H](O)CC([C@@H](C)[C@H]1CC[C@H]2[C@@H]3CC=C4C[C@@](C)(O)CC[C@@H]4[C@H]3CC[C@]12C)S(=O)(=O)c1ccccc1. The highest BCUT2D eigenvalue weighted by molar-refractivity contribution is 7.92. The van der Waals surface area contributed by atoms with E-state index in [-0.39, 0.29) is 17.3 Å². The molecule has 5 heteroatoms. The van der Waals surface area contributed by atoms with Crippen molar-refractivity contribution in [3.05, 3.63) is 42.0 Å². The van der Waals surface area contributed by atoms with Gasteiger partial charge < -0.3 is 10.2 Å². The van der Waals surface area contributed by atoms with Crippen molar-refractivity contribution in [2.24, 2.45) is 46.8 Å². The van der Waals surface area contributed by atoms with Crippen LogP contribution < -0.4 is 0 Å². The fraction of sp³-hybridized carbons (Fsp3) is 0.758. The molecule has 0 aromatic heterocycles. The lowest BCUT2D eigenvalue weighted by atomic mass is 9.50. The first-order valence-electron chi connectivity index (χ1n) is 15.2. The third kappa shape index (κ3) is 4.94. The lowest BCUT2D eigenvalue weighted by Gasteiger charge is -2.55. The summed E-state index contributed by atoms with van der Waals surface area (Å²) in [5, 5.41) is 21.0. The van der Waals surface area contributed by atoms with E-state index in [1.54, 1.807) is 24.3 Å². The molecule has 1 aromatic carbocycles. The number of benzene rings is 1. The summed E-state index contributed by atoms with van der Waals surface area (Å²) < 4.78 is 28.1. The molecule has 4 aliphatic carbocycles. The maximum Gasteiger partial charge on any atom is 0.181 e. The molecule has 2 N–H and O–H groups in total. The van der Waals surface area contributed by atoms with Crippen LogP contribution in [0.4, 0.5) is 0 Å². The van der Waals surface area contributed by atoms with Gasteiger partial charge in [0.1, 0.15) is 0 Å². The van der Waals surface area contributed by atoms with E-state index in [4.69, 9.17) is 0 Å². The predicted octanol–water partition coefficient (Wildman–Crippen LogP) is 6.81. The summed E-state index contributed by atoms with van der Waals surface area (Å²) in [5.41, 5.74) is 1.09. The van der Waals surface area contributed by atoms with Crippen LogP contribution >= 0.6 is 0 Å². The zero-order valence-electron chi connectivity index (χ0n) is 24.1. The van der Waals surface area contributed by atoms with Crippen LogP contribution in [0.5, 0.6) is 0 Å². The summed E-state index contributed by atoms with van der Waals surface area (Å²) in [5.74, 6) is 3.00. The minimum absolute atomic E-state index is 0.0142. The van der Waals surface area contributed by atoms with Gasteiger partial charge >= 0.3 is 0 Å². The van der Waals surface area contributed by atoms with Crippen molar-refractivity contribution in [1.29, 1.82) is 0 Å². The minimum atomic E-state index is -3.57. The molecule has 0 aliphatic heterocycles. The van der Waals surface area contributed by atoms with Gasteiger partial charge in [-0.2, -0.15) is 0 Å². The Bertz CT molecular complexity index is 1120. The van der Waals surface area contributed by atoms with Crippen LogP contribution in [0, 0.1) is 46.8 Å². The van der Waals surface area contributed by atoms with E-state index in [9.17, 15) is 18.6 Å². The Balaban J connectivity index is 1.42. The number of aliphatic hydroxyl groups excluding tert-OH is 1. The van der Waals surface area contributed by atoms with Gasteiger partial charge in [0.05, 0.1) is 21.9 Å². The standard InChI is InChI=1S/C33H50O4S/c1-21(2)30(34)19-31(38(36,37)24-9-7-6-8-10-24)22(3)28-13-14-29-27-12-11-23-20-32(4,35)17-15-25(23)26(27)16-18-33(28,29)5/h6-11,21-22,25-31,34-35H,12-20H2,1-5H3/t22-,25-,26+,27+,28+,29-,30-,31?,32-,33+/m0/s1. The topological polar surface area (TPSA) is 74.6 Å². The van der Waals surface area contributed by atoms with E-state index in [2.05, 4.69) is 19.9 Å². The second-order valence-electron chi connectivity index (χ2n) is 14.3. The average molecular weight is 543 g/mol. The van der Waals surface area contributed by atoms with Crippen LogP contribution in [0.3, 0.4) is 0 Å². The highest BCUT2D eigenvalue weighted by atomic mass is 32.2. The van der Waals surface area contributed by atoms with Crippen LogP contribution in [0.2, 0.25) is 0 Å². The molecule has 5 rings (SSSR count). The molecule has 4 aliphatic rings. The van der Waals surface area contributed by atoms with Crippen molar-refractivity contribution in [2.45, 2.75) is 114 Å². The first kappa shape index (κ1) is 28.4. The number of aliphatic hydroxyl groups is 2. The van der Waals surface area contributed by atoms with Crippen molar-refractivity contribution >= 4 is 9.84 Å². The molecule has 4 nitrogen and oxygen atoms in total. The summed E-state index contributed by atoms with van der Waals surface area (Å²) >= 11 is 0. The molecule has 0 heterocycles. The highest BCUT2D eigenvalue weighted by Crippen LogP contribution is 2.65. The molecule has 38 heavy (non-hydrogen) atoms. The summed E-state index contributed by atoms with van der Waals surface area (Å²) in [7, 11) is -3.57. The maximum atomic E-state index is 14.1. The van der Waals surface area contributed by atoms with Crippen molar-refractivity contribution < 1.29 is 18.6 Å². The lowest BCUT2D eigenvalue weighted by Crippen LogP contribution is -2.49. The van der Waals surface area contributed by atoms with E-state index >= 15 is 0 Å². The quantitative estimate of drug-likeness (QED) is 0.371. The molecule has 1 aromatic rings. The Hall–Kier alpha value is -1.17. The van der Waals surface area contributed by atoms with E-state index in [1.165, 1.54) is 24.8 Å². The number of sulfone groups is 1. The molecule has 10 atom stereocenters. The summed E-state index contributed by atoms with van der Waals surface area (Å²) in [6, 6.07) is 8.90. The second kappa shape index (κ2) is 10.3. The normalized spacial score (nSPS) is 39.5. The van der Waals surface area contributed by atoms with Crippen molar-refractivity contribution in [3.8, 4) is 0 Å². The lowest BCUT2D eigenvalue weighted by molar-refractivity contribution is -0.0412. The molecular weight excluding hydrogens is 492 g/mol. The molecule has 0 radical (unpaired) electrons. The van der Waals surface area contributed by atoms with Crippen LogP contribution in [-0.2, 0) is 9.84 Å². The molecule has 3 fully saturated rings. The minimum Gasteiger partial charge on any atom is -0.393 e. The van der Waals surface area contributed by atoms with Crippen LogP contribution in [0.1, 0.15) is 92.4 Å². The maximum absolute atomic E-state index is 14.1. The number of hydrogen-bond donors (Lipinski definition) is 2. The van der Waals surface area contributed by atoms with Gasteiger partial charge in [-0.25, -0.2) is 8.42 Å². The van der Waals surface area contributed by atoms with Crippen LogP contribution in [0.15, 0.2) is 46.9 Å². The smallest absolute Gasteiger partial charge is 0.181 e. The number of allylic oxidation sites excluding steroid dienone is 1. The largest absolute Gasteiger partial charge is 0.393 e. The molecule has 0 bridgehead atoms. The Morgan fingerprint density at radius 2 is 1.68 bits per heavy atom. The van der Waals surface area contributed by atoms with Gasteiger partial charge in [-0.15, -0.1) is 0 Å². The van der Waals surface area contributed by atoms with Gasteiger partial charge in [-0.1, -0.05) is 57.5 Å². The first-order valence-corrected chi connectivity index (χ1v) is 16.8. The Morgan fingerprint density at radius 1 is 0.974 bits per heavy atom. The molecular formula is C33H50O4S. The summed E-state index contributed by atoms with van der Waals surface area (Å²) in [4.78, 5) is 0.384. The van der Waals surface area contributed by atoms with Gasteiger partial charge in [0, 0.05) is 0 Å². The summed E-state index contributed by atoms with van der Waals surface area (Å²) in [6.07, 6.45) is 10.7. The Morgan fingerprint density at radius 3 is 2.37 bits per heavy atom. The monoisotopic (exact) mass is 542 g/mol. The molecule has 0 amide bonds. The van der Waals surface area contributed by atoms with E-state index in [0.29, 0.717) is 40.9 Å². The zero-order valence-corrected chi connectivity index (χ0v) is 25.0. The zero-order chi connectivity index (χ0) is 27.5. The Labute approximate surface area is 231 Å². The Kier molecular flexibility index (Phi) is 7.72. The molecule has 0 saturated heterocycles. The van der Waals surface area contributed by atoms with E-state index in [1.807, 2.05) is 26.8 Å². The van der Waals surface area contributed by atoms with E-state index in [0.717, 1.165) is 32.1 Å². The molecule has 212 valence electrons. The van der Waals surface area contributed by atoms with E-state index < -0.39 is 26.8 Å². The second-order valence-corrected chi connectivity index (χ2v) is 16.5. The number of rotatable bonds is 7. The summed E-state index contributed by atoms with van der Waals surface area (Å²) in [6.45, 7) is 10.6. The predicted molar refractivity (Wildman–Crippen MR) is 153 cm³/mol. The average Bonchev–Trinajstić information content (AvgIpc) is 3.23. The van der Waals surface area contributed by atoms with Crippen molar-refractivity contribution in [3.63, 3.8) is 0 Å². The fourth-order valence-corrected chi connectivity index (χ4v) is 11.6. The highest BCUT2D eigenvalue weighted by Gasteiger charge is 2.58. The van der Waals surface area contributed by atoms with Gasteiger partial charge in [-0.3, -0.25) is 0 Å². The molecule has 3 saturated carbocycles. The number of hydrogen-bond acceptors (Lipinski definition) is 4. The van der Waals surface area contributed by atoms with Gasteiger partial charge in [0.15, 0.2) is 9.84 Å². The van der Waals surface area contributed by atoms with Crippen LogP contribution in [-0.4, -0.2) is 35.6 Å². The van der Waals surface area contributed by atoms with Gasteiger partial charge in [0.25, 0.3) is 0 Å². The molecule has 0 spiro atoms. The third-order valence-corrected chi connectivity index (χ3v) is 14.1. The number of fused-ring (bicyclic) bond motifs is 5. The third-order valence-electron chi connectivity index (χ3n) is 11.7. The fourth-order valence-electron chi connectivity index (χ4n) is 9.55. The van der Waals surface area contributed by atoms with Gasteiger partial charge in [-0.05, 0) is 124 Å². The van der Waals surface area contributed by atoms with Crippen LogP contribution in [0.25, 0.3) is 0 Å². The van der Waals surface area contributed by atoms with Gasteiger partial charge in [0.2, 0.25) is 0 Å². The van der Waals surface area contributed by atoms with Crippen molar-refractivity contribution in [2.75, 3.05) is 0 Å².